The van der Waals surface area contributed by atoms with Crippen LogP contribution in [0.15, 0.2) is 24.4 Å². The number of anilines is 1. The van der Waals surface area contributed by atoms with Gasteiger partial charge in [-0.2, -0.15) is 0 Å². The monoisotopic (exact) mass is 263 g/mol. The number of benzene rings is 1. The normalized spacial score (nSPS) is 16.6. The summed E-state index contributed by atoms with van der Waals surface area (Å²) in [5.41, 5.74) is 0. The first kappa shape index (κ1) is 12.3. The molecule has 1 fully saturated rings. The third kappa shape index (κ3) is 2.38. The molecule has 0 radical (unpaired) electrons. The molecular formula is C14H15F2N3. The van der Waals surface area contributed by atoms with Gasteiger partial charge in [0.1, 0.15) is 17.5 Å². The zero-order valence-corrected chi connectivity index (χ0v) is 10.5. The lowest BCUT2D eigenvalue weighted by atomic mass is 10.1. The van der Waals surface area contributed by atoms with Gasteiger partial charge in [-0.05, 0) is 30.5 Å². The molecule has 1 aliphatic rings. The molecular weight excluding hydrogens is 248 g/mol. The number of fused-ring (bicyclic) bond motifs is 1. The largest absolute Gasteiger partial charge is 0.355 e. The lowest BCUT2D eigenvalue weighted by Gasteiger charge is -2.22. The van der Waals surface area contributed by atoms with Crippen molar-refractivity contribution in [2.75, 3.05) is 31.1 Å². The number of aromatic nitrogens is 1. The number of nitrogens with zero attached hydrogens (tertiary/aromatic N) is 2. The van der Waals surface area contributed by atoms with Crippen LogP contribution in [-0.2, 0) is 0 Å². The molecule has 0 unspecified atom stereocenters. The van der Waals surface area contributed by atoms with Crippen LogP contribution in [0.5, 0.6) is 0 Å². The van der Waals surface area contributed by atoms with Crippen LogP contribution in [0.1, 0.15) is 6.42 Å². The van der Waals surface area contributed by atoms with E-state index < -0.39 is 11.6 Å². The standard InChI is InChI=1S/C14H15F2N3/c15-11-8-10-2-4-18-14(13(10)12(16)9-11)19-6-1-3-17-5-7-19/h2,4,8-9,17H,1,3,5-7H2. The highest BCUT2D eigenvalue weighted by Crippen LogP contribution is 2.28. The lowest BCUT2D eigenvalue weighted by Crippen LogP contribution is -2.28. The first-order valence-electron chi connectivity index (χ1n) is 6.45. The summed E-state index contributed by atoms with van der Waals surface area (Å²) in [5, 5.41) is 4.26. The minimum Gasteiger partial charge on any atom is -0.355 e. The van der Waals surface area contributed by atoms with E-state index in [1.807, 2.05) is 0 Å². The maximum atomic E-state index is 14.0. The van der Waals surface area contributed by atoms with E-state index in [-0.39, 0.29) is 0 Å². The van der Waals surface area contributed by atoms with Gasteiger partial charge in [0, 0.05) is 31.9 Å². The van der Waals surface area contributed by atoms with Gasteiger partial charge in [0.25, 0.3) is 0 Å². The minimum absolute atomic E-state index is 0.408. The summed E-state index contributed by atoms with van der Waals surface area (Å²) in [7, 11) is 0. The Kier molecular flexibility index (Phi) is 3.29. The van der Waals surface area contributed by atoms with E-state index in [4.69, 9.17) is 0 Å². The molecule has 1 aliphatic heterocycles. The molecule has 0 spiro atoms. The maximum Gasteiger partial charge on any atom is 0.139 e. The highest BCUT2D eigenvalue weighted by atomic mass is 19.1. The van der Waals surface area contributed by atoms with Gasteiger partial charge in [0.2, 0.25) is 0 Å². The zero-order valence-electron chi connectivity index (χ0n) is 10.5. The van der Waals surface area contributed by atoms with Crippen molar-refractivity contribution in [1.29, 1.82) is 0 Å². The van der Waals surface area contributed by atoms with Crippen LogP contribution in [0, 0.1) is 11.6 Å². The molecule has 1 saturated heterocycles. The molecule has 0 atom stereocenters. The fourth-order valence-electron chi connectivity index (χ4n) is 2.51. The number of nitrogens with one attached hydrogen (secondary N) is 1. The van der Waals surface area contributed by atoms with E-state index in [2.05, 4.69) is 15.2 Å². The van der Waals surface area contributed by atoms with Crippen molar-refractivity contribution >= 4 is 16.6 Å². The first-order chi connectivity index (χ1) is 9.25. The van der Waals surface area contributed by atoms with Gasteiger partial charge in [-0.1, -0.05) is 0 Å². The molecule has 100 valence electrons. The summed E-state index contributed by atoms with van der Waals surface area (Å²) < 4.78 is 27.3. The van der Waals surface area contributed by atoms with Crippen molar-refractivity contribution in [2.45, 2.75) is 6.42 Å². The minimum atomic E-state index is -0.556. The van der Waals surface area contributed by atoms with Crippen LogP contribution in [0.3, 0.4) is 0 Å². The van der Waals surface area contributed by atoms with Gasteiger partial charge < -0.3 is 10.2 Å². The van der Waals surface area contributed by atoms with Crippen molar-refractivity contribution < 1.29 is 8.78 Å². The van der Waals surface area contributed by atoms with Crippen molar-refractivity contribution in [3.05, 3.63) is 36.0 Å². The number of rotatable bonds is 1. The molecule has 0 bridgehead atoms. The number of hydrogen-bond donors (Lipinski definition) is 1. The van der Waals surface area contributed by atoms with Crippen LogP contribution >= 0.6 is 0 Å². The fourth-order valence-corrected chi connectivity index (χ4v) is 2.51. The van der Waals surface area contributed by atoms with Crippen LogP contribution in [0.25, 0.3) is 10.8 Å². The highest BCUT2D eigenvalue weighted by molar-refractivity contribution is 5.92. The Morgan fingerprint density at radius 1 is 1.16 bits per heavy atom. The highest BCUT2D eigenvalue weighted by Gasteiger charge is 2.16. The Balaban J connectivity index is 2.12. The summed E-state index contributed by atoms with van der Waals surface area (Å²) in [5.74, 6) is -0.492. The molecule has 5 heteroatoms. The van der Waals surface area contributed by atoms with Crippen molar-refractivity contribution in [2.24, 2.45) is 0 Å². The average molecular weight is 263 g/mol. The summed E-state index contributed by atoms with van der Waals surface area (Å²) in [6, 6.07) is 3.91. The molecule has 2 heterocycles. The summed E-state index contributed by atoms with van der Waals surface area (Å²) in [6.07, 6.45) is 2.59. The fraction of sp³-hybridized carbons (Fsp3) is 0.357. The molecule has 19 heavy (non-hydrogen) atoms. The molecule has 1 aromatic heterocycles. The third-order valence-electron chi connectivity index (χ3n) is 3.40. The summed E-state index contributed by atoms with van der Waals surface area (Å²) in [4.78, 5) is 6.36. The second-order valence-corrected chi connectivity index (χ2v) is 4.71. The molecule has 2 aromatic rings. The Labute approximate surface area is 110 Å². The topological polar surface area (TPSA) is 28.2 Å². The van der Waals surface area contributed by atoms with Gasteiger partial charge in [-0.25, -0.2) is 13.8 Å². The number of halogens is 2. The first-order valence-corrected chi connectivity index (χ1v) is 6.45. The van der Waals surface area contributed by atoms with Gasteiger partial charge in [-0.3, -0.25) is 0 Å². The lowest BCUT2D eigenvalue weighted by molar-refractivity contribution is 0.591. The van der Waals surface area contributed by atoms with Gasteiger partial charge in [0.05, 0.1) is 5.39 Å². The van der Waals surface area contributed by atoms with Crippen LogP contribution < -0.4 is 10.2 Å². The molecule has 1 aromatic carbocycles. The predicted octanol–water partition coefficient (Wildman–Crippen LogP) is 2.31. The van der Waals surface area contributed by atoms with Crippen LogP contribution in [0.4, 0.5) is 14.6 Å². The Bertz CT molecular complexity index is 593. The molecule has 3 rings (SSSR count). The van der Waals surface area contributed by atoms with E-state index in [9.17, 15) is 8.78 Å². The van der Waals surface area contributed by atoms with E-state index in [0.29, 0.717) is 16.6 Å². The molecule has 0 aliphatic carbocycles. The smallest absolute Gasteiger partial charge is 0.139 e. The molecule has 0 saturated carbocycles. The maximum absolute atomic E-state index is 14.0. The van der Waals surface area contributed by atoms with E-state index >= 15 is 0 Å². The third-order valence-corrected chi connectivity index (χ3v) is 3.40. The van der Waals surface area contributed by atoms with Crippen LogP contribution in [-0.4, -0.2) is 31.2 Å². The summed E-state index contributed by atoms with van der Waals surface area (Å²) in [6.45, 7) is 3.41. The summed E-state index contributed by atoms with van der Waals surface area (Å²) >= 11 is 0. The van der Waals surface area contributed by atoms with Gasteiger partial charge in [-0.15, -0.1) is 0 Å². The quantitative estimate of drug-likeness (QED) is 0.855. The Morgan fingerprint density at radius 2 is 2.05 bits per heavy atom. The predicted molar refractivity (Wildman–Crippen MR) is 71.4 cm³/mol. The van der Waals surface area contributed by atoms with Crippen LogP contribution in [0.2, 0.25) is 0 Å². The van der Waals surface area contributed by atoms with Gasteiger partial charge in [0.15, 0.2) is 0 Å². The van der Waals surface area contributed by atoms with E-state index in [0.717, 1.165) is 38.7 Å². The number of pyridine rings is 1. The van der Waals surface area contributed by atoms with Crippen molar-refractivity contribution in [3.63, 3.8) is 0 Å². The van der Waals surface area contributed by atoms with Gasteiger partial charge >= 0.3 is 0 Å². The molecule has 1 N–H and O–H groups in total. The second-order valence-electron chi connectivity index (χ2n) is 4.71. The van der Waals surface area contributed by atoms with Crippen molar-refractivity contribution in [1.82, 2.24) is 10.3 Å². The second kappa shape index (κ2) is 5.09. The SMILES string of the molecule is Fc1cc(F)c2c(N3CCCNCC3)nccc2c1. The Morgan fingerprint density at radius 3 is 2.95 bits per heavy atom. The van der Waals surface area contributed by atoms with Crippen molar-refractivity contribution in [3.8, 4) is 0 Å². The Hall–Kier alpha value is -1.75. The molecule has 3 nitrogen and oxygen atoms in total. The average Bonchev–Trinajstić information content (AvgIpc) is 2.66. The zero-order chi connectivity index (χ0) is 13.2. The van der Waals surface area contributed by atoms with E-state index in [1.165, 1.54) is 6.07 Å². The molecule has 0 amide bonds. The van der Waals surface area contributed by atoms with E-state index in [1.54, 1.807) is 12.3 Å². The number of hydrogen-bond acceptors (Lipinski definition) is 3.